The molecule has 2 aromatic carbocycles. The summed E-state index contributed by atoms with van der Waals surface area (Å²) < 4.78 is 21.7. The number of methoxy groups -OCH3 is 3. The normalized spacial score (nSPS) is 13.1. The number of nitrogens with one attached hydrogen (secondary N) is 1. The lowest BCUT2D eigenvalue weighted by atomic mass is 9.95. The van der Waals surface area contributed by atoms with Crippen molar-refractivity contribution in [1.29, 1.82) is 0 Å². The third kappa shape index (κ3) is 4.74. The first-order valence-electron chi connectivity index (χ1n) is 10.4. The van der Waals surface area contributed by atoms with E-state index in [1.54, 1.807) is 44.6 Å². The molecule has 0 spiro atoms. The summed E-state index contributed by atoms with van der Waals surface area (Å²) in [6.45, 7) is 0.813. The van der Waals surface area contributed by atoms with Gasteiger partial charge in [0.05, 0.1) is 26.3 Å². The van der Waals surface area contributed by atoms with Gasteiger partial charge in [-0.15, -0.1) is 0 Å². The molecule has 0 unspecified atom stereocenters. The van der Waals surface area contributed by atoms with Gasteiger partial charge in [-0.25, -0.2) is 9.97 Å². The molecule has 34 heavy (non-hydrogen) atoms. The molecule has 0 amide bonds. The third-order valence-electron chi connectivity index (χ3n) is 5.17. The number of fused-ring (bicyclic) bond motifs is 1. The van der Waals surface area contributed by atoms with Crippen molar-refractivity contribution in [3.63, 3.8) is 0 Å². The number of ketones is 2. The highest BCUT2D eigenvalue weighted by atomic mass is 16.5. The minimum atomic E-state index is -0.270. The number of allylic oxidation sites excluding steroid dienone is 4. The summed E-state index contributed by atoms with van der Waals surface area (Å²) in [5.74, 6) is 1.55. The highest BCUT2D eigenvalue weighted by Crippen LogP contribution is 2.36. The first-order chi connectivity index (χ1) is 16.5. The van der Waals surface area contributed by atoms with Crippen LogP contribution in [0.4, 0.5) is 11.5 Å². The molecule has 0 atom stereocenters. The van der Waals surface area contributed by atoms with Crippen molar-refractivity contribution in [2.24, 2.45) is 0 Å². The van der Waals surface area contributed by atoms with Crippen molar-refractivity contribution in [3.05, 3.63) is 60.5 Å². The van der Waals surface area contributed by atoms with Crippen molar-refractivity contribution in [1.82, 2.24) is 9.97 Å². The molecule has 1 N–H and O–H groups in total. The number of carbonyl (C=O) groups is 2. The second-order valence-electron chi connectivity index (χ2n) is 7.28. The Kier molecular flexibility index (Phi) is 6.84. The van der Waals surface area contributed by atoms with Gasteiger partial charge in [0, 0.05) is 35.4 Å². The van der Waals surface area contributed by atoms with E-state index in [1.807, 2.05) is 0 Å². The summed E-state index contributed by atoms with van der Waals surface area (Å²) in [6.07, 6.45) is 5.25. The van der Waals surface area contributed by atoms with Crippen LogP contribution in [0.3, 0.4) is 0 Å². The van der Waals surface area contributed by atoms with Crippen LogP contribution in [0.2, 0.25) is 0 Å². The molecule has 174 valence electrons. The van der Waals surface area contributed by atoms with E-state index in [0.29, 0.717) is 58.4 Å². The molecule has 0 radical (unpaired) electrons. The van der Waals surface area contributed by atoms with E-state index in [1.165, 1.54) is 31.7 Å². The molecule has 9 heteroatoms. The van der Waals surface area contributed by atoms with Crippen LogP contribution in [0.25, 0.3) is 16.5 Å². The van der Waals surface area contributed by atoms with E-state index in [4.69, 9.17) is 18.9 Å². The van der Waals surface area contributed by atoms with Gasteiger partial charge in [0.15, 0.2) is 23.1 Å². The third-order valence-corrected chi connectivity index (χ3v) is 5.17. The summed E-state index contributed by atoms with van der Waals surface area (Å²) in [5, 5.41) is 3.97. The van der Waals surface area contributed by atoms with Crippen LogP contribution >= 0.6 is 0 Å². The number of hydrogen-bond donors (Lipinski definition) is 1. The predicted octanol–water partition coefficient (Wildman–Crippen LogP) is 3.51. The molecule has 0 saturated carbocycles. The Morgan fingerprint density at radius 2 is 1.71 bits per heavy atom. The van der Waals surface area contributed by atoms with Gasteiger partial charge in [-0.1, -0.05) is 0 Å². The highest BCUT2D eigenvalue weighted by molar-refractivity contribution is 6.34. The van der Waals surface area contributed by atoms with Gasteiger partial charge in [-0.05, 0) is 42.5 Å². The number of ether oxygens (including phenoxy) is 4. The molecular weight excluding hydrogens is 438 g/mol. The van der Waals surface area contributed by atoms with Gasteiger partial charge in [-0.3, -0.25) is 9.59 Å². The number of anilines is 2. The van der Waals surface area contributed by atoms with E-state index in [9.17, 15) is 9.59 Å². The largest absolute Gasteiger partial charge is 0.496 e. The lowest BCUT2D eigenvalue weighted by Crippen LogP contribution is -2.08. The molecule has 4 rings (SSSR count). The second-order valence-corrected chi connectivity index (χ2v) is 7.28. The van der Waals surface area contributed by atoms with Crippen molar-refractivity contribution in [3.8, 4) is 17.2 Å². The standard InChI is InChI=1S/C25H23N3O6/c1-31-8-9-34-24-13-20-19(12-23(24)33-3)25(27-14-26-20)28-15-4-7-22(32-2)18(10-15)17-11-16(29)5-6-21(17)30/h4-7,10-14H,8-9H2,1-3H3,(H,26,27,28). The quantitative estimate of drug-likeness (QED) is 0.378. The predicted molar refractivity (Wildman–Crippen MR) is 127 cm³/mol. The van der Waals surface area contributed by atoms with E-state index < -0.39 is 0 Å². The van der Waals surface area contributed by atoms with Gasteiger partial charge in [0.2, 0.25) is 0 Å². The average Bonchev–Trinajstić information content (AvgIpc) is 2.85. The number of rotatable bonds is 9. The van der Waals surface area contributed by atoms with Crippen molar-refractivity contribution in [2.75, 3.05) is 39.9 Å². The lowest BCUT2D eigenvalue weighted by Gasteiger charge is -2.16. The number of nitrogens with zero attached hydrogens (tertiary/aromatic N) is 2. The first-order valence-corrected chi connectivity index (χ1v) is 10.4. The fraction of sp³-hybridized carbons (Fsp3) is 0.200. The number of aromatic nitrogens is 2. The molecule has 1 aliphatic rings. The number of carbonyl (C=O) groups excluding carboxylic acids is 2. The highest BCUT2D eigenvalue weighted by Gasteiger charge is 2.20. The molecule has 1 aliphatic carbocycles. The maximum Gasteiger partial charge on any atom is 0.186 e. The smallest absolute Gasteiger partial charge is 0.186 e. The zero-order chi connectivity index (χ0) is 24.1. The van der Waals surface area contributed by atoms with Gasteiger partial charge < -0.3 is 24.3 Å². The van der Waals surface area contributed by atoms with Crippen LogP contribution in [0.5, 0.6) is 17.2 Å². The van der Waals surface area contributed by atoms with E-state index in [-0.39, 0.29) is 17.1 Å². The van der Waals surface area contributed by atoms with Gasteiger partial charge in [-0.2, -0.15) is 0 Å². The van der Waals surface area contributed by atoms with Crippen molar-refractivity contribution < 1.29 is 28.5 Å². The maximum atomic E-state index is 12.4. The fourth-order valence-corrected chi connectivity index (χ4v) is 3.52. The van der Waals surface area contributed by atoms with E-state index in [2.05, 4.69) is 15.3 Å². The Balaban J connectivity index is 1.71. The number of benzene rings is 2. The topological polar surface area (TPSA) is 109 Å². The Labute approximate surface area is 196 Å². The summed E-state index contributed by atoms with van der Waals surface area (Å²) in [4.78, 5) is 33.0. The first kappa shape index (κ1) is 22.9. The summed E-state index contributed by atoms with van der Waals surface area (Å²) in [7, 11) is 4.67. The average molecular weight is 461 g/mol. The summed E-state index contributed by atoms with van der Waals surface area (Å²) >= 11 is 0. The summed E-state index contributed by atoms with van der Waals surface area (Å²) in [6, 6.07) is 8.82. The zero-order valence-corrected chi connectivity index (χ0v) is 19.0. The van der Waals surface area contributed by atoms with Crippen LogP contribution < -0.4 is 19.5 Å². The Bertz CT molecular complexity index is 1320. The molecule has 0 saturated heterocycles. The molecule has 1 aromatic heterocycles. The molecule has 3 aromatic rings. The second kappa shape index (κ2) is 10.1. The maximum absolute atomic E-state index is 12.4. The van der Waals surface area contributed by atoms with Crippen molar-refractivity contribution in [2.45, 2.75) is 0 Å². The van der Waals surface area contributed by atoms with E-state index >= 15 is 0 Å². The monoisotopic (exact) mass is 461 g/mol. The fourth-order valence-electron chi connectivity index (χ4n) is 3.52. The van der Waals surface area contributed by atoms with Crippen LogP contribution in [0, 0.1) is 0 Å². The van der Waals surface area contributed by atoms with E-state index in [0.717, 1.165) is 0 Å². The zero-order valence-electron chi connectivity index (χ0n) is 19.0. The lowest BCUT2D eigenvalue weighted by molar-refractivity contribution is -0.113. The number of hydrogen-bond acceptors (Lipinski definition) is 9. The Hall–Kier alpha value is -4.24. The SMILES string of the molecule is COCCOc1cc2ncnc(Nc3ccc(OC)c(C4=CC(=O)C=CC4=O)c3)c2cc1OC. The van der Waals surface area contributed by atoms with Crippen LogP contribution in [0.1, 0.15) is 5.56 Å². The Morgan fingerprint density at radius 3 is 2.47 bits per heavy atom. The Morgan fingerprint density at radius 1 is 0.882 bits per heavy atom. The molecule has 0 aliphatic heterocycles. The minimum absolute atomic E-state index is 0.257. The van der Waals surface area contributed by atoms with Crippen molar-refractivity contribution >= 4 is 39.5 Å². The van der Waals surface area contributed by atoms with Gasteiger partial charge in [0.25, 0.3) is 0 Å². The van der Waals surface area contributed by atoms with Gasteiger partial charge in [0.1, 0.15) is 24.5 Å². The molecule has 9 nitrogen and oxygen atoms in total. The molecule has 1 heterocycles. The molecule has 0 bridgehead atoms. The molecular formula is C25H23N3O6. The molecule has 0 fully saturated rings. The minimum Gasteiger partial charge on any atom is -0.496 e. The van der Waals surface area contributed by atoms with Crippen LogP contribution in [-0.2, 0) is 14.3 Å². The van der Waals surface area contributed by atoms with Crippen LogP contribution in [-0.4, -0.2) is 56.1 Å². The summed E-state index contributed by atoms with van der Waals surface area (Å²) in [5.41, 5.74) is 2.06. The van der Waals surface area contributed by atoms with Gasteiger partial charge >= 0.3 is 0 Å². The van der Waals surface area contributed by atoms with Crippen LogP contribution in [0.15, 0.2) is 54.9 Å².